The second kappa shape index (κ2) is 8.61. The van der Waals surface area contributed by atoms with E-state index in [0.29, 0.717) is 26.1 Å². The lowest BCUT2D eigenvalue weighted by atomic mass is 9.90. The predicted octanol–water partition coefficient (Wildman–Crippen LogP) is 3.56. The van der Waals surface area contributed by atoms with Gasteiger partial charge in [-0.05, 0) is 36.1 Å². The number of likely N-dealkylation sites (tertiary alicyclic amines) is 1. The molecule has 136 valence electrons. The summed E-state index contributed by atoms with van der Waals surface area (Å²) in [6.07, 6.45) is 2.07. The van der Waals surface area contributed by atoms with Crippen LogP contribution in [0.15, 0.2) is 54.6 Å². The molecule has 0 spiro atoms. The molecule has 1 fully saturated rings. The minimum absolute atomic E-state index is 0.111. The number of nitrogens with one attached hydrogen (secondary N) is 1. The molecule has 4 nitrogen and oxygen atoms in total. The average Bonchev–Trinajstić information content (AvgIpc) is 2.68. The van der Waals surface area contributed by atoms with Crippen LogP contribution in [0.4, 0.5) is 9.18 Å². The summed E-state index contributed by atoms with van der Waals surface area (Å²) in [4.78, 5) is 26.7. The van der Waals surface area contributed by atoms with Crippen LogP contribution in [0.1, 0.15) is 24.0 Å². The predicted molar refractivity (Wildman–Crippen MR) is 98.1 cm³/mol. The van der Waals surface area contributed by atoms with Crippen LogP contribution in [0.25, 0.3) is 0 Å². The molecule has 2 aromatic carbocycles. The van der Waals surface area contributed by atoms with Crippen molar-refractivity contribution >= 4 is 11.8 Å². The highest BCUT2D eigenvalue weighted by atomic mass is 19.1. The molecule has 1 aliphatic heterocycles. The summed E-state index contributed by atoms with van der Waals surface area (Å²) >= 11 is 0. The molecular formula is C21H23FN2O2. The van der Waals surface area contributed by atoms with Crippen molar-refractivity contribution in [2.45, 2.75) is 25.8 Å². The van der Waals surface area contributed by atoms with Crippen LogP contribution in [0.2, 0.25) is 0 Å². The molecular weight excluding hydrogens is 331 g/mol. The highest BCUT2D eigenvalue weighted by Crippen LogP contribution is 2.19. The van der Waals surface area contributed by atoms with E-state index in [1.807, 2.05) is 30.3 Å². The van der Waals surface area contributed by atoms with Crippen molar-refractivity contribution in [3.05, 3.63) is 71.5 Å². The first-order valence-corrected chi connectivity index (χ1v) is 8.95. The number of Topliss-reactive ketones (excluding diaryl/α,β-unsaturated/α-hetero) is 1. The Morgan fingerprint density at radius 2 is 1.77 bits per heavy atom. The fourth-order valence-electron chi connectivity index (χ4n) is 3.26. The van der Waals surface area contributed by atoms with Gasteiger partial charge in [-0.15, -0.1) is 0 Å². The Kier molecular flexibility index (Phi) is 6.00. The minimum atomic E-state index is -0.295. The summed E-state index contributed by atoms with van der Waals surface area (Å²) in [7, 11) is 0. The number of urea groups is 1. The van der Waals surface area contributed by atoms with E-state index in [9.17, 15) is 14.0 Å². The number of benzene rings is 2. The van der Waals surface area contributed by atoms with Gasteiger partial charge in [-0.1, -0.05) is 42.5 Å². The van der Waals surface area contributed by atoms with Gasteiger partial charge in [0.25, 0.3) is 0 Å². The van der Waals surface area contributed by atoms with Crippen molar-refractivity contribution in [1.82, 2.24) is 10.2 Å². The number of carbonyl (C=O) groups excluding carboxylic acids is 2. The number of nitrogens with zero attached hydrogens (tertiary/aromatic N) is 1. The SMILES string of the molecule is O=C(Cc1ccccc1)[C@@H]1CCCN(C(=O)NCc2ccc(F)cc2)C1. The van der Waals surface area contributed by atoms with E-state index in [1.165, 1.54) is 12.1 Å². The molecule has 2 aromatic rings. The third-order valence-corrected chi connectivity index (χ3v) is 4.74. The van der Waals surface area contributed by atoms with Gasteiger partial charge in [0.15, 0.2) is 0 Å². The monoisotopic (exact) mass is 354 g/mol. The van der Waals surface area contributed by atoms with Gasteiger partial charge >= 0.3 is 6.03 Å². The molecule has 1 N–H and O–H groups in total. The normalized spacial score (nSPS) is 17.0. The smallest absolute Gasteiger partial charge is 0.317 e. The van der Waals surface area contributed by atoms with E-state index >= 15 is 0 Å². The molecule has 0 saturated carbocycles. The van der Waals surface area contributed by atoms with E-state index in [0.717, 1.165) is 24.0 Å². The lowest BCUT2D eigenvalue weighted by molar-refractivity contribution is -0.123. The largest absolute Gasteiger partial charge is 0.334 e. The van der Waals surface area contributed by atoms with Gasteiger partial charge in [-0.3, -0.25) is 4.79 Å². The topological polar surface area (TPSA) is 49.4 Å². The van der Waals surface area contributed by atoms with Gasteiger partial charge < -0.3 is 10.2 Å². The van der Waals surface area contributed by atoms with Crippen LogP contribution in [0.5, 0.6) is 0 Å². The zero-order chi connectivity index (χ0) is 18.4. The van der Waals surface area contributed by atoms with Gasteiger partial charge in [0.05, 0.1) is 0 Å². The molecule has 26 heavy (non-hydrogen) atoms. The third-order valence-electron chi connectivity index (χ3n) is 4.74. The fraction of sp³-hybridized carbons (Fsp3) is 0.333. The minimum Gasteiger partial charge on any atom is -0.334 e. The first kappa shape index (κ1) is 18.1. The van der Waals surface area contributed by atoms with Crippen LogP contribution in [0.3, 0.4) is 0 Å². The Balaban J connectivity index is 1.51. The van der Waals surface area contributed by atoms with Crippen molar-refractivity contribution in [1.29, 1.82) is 0 Å². The maximum Gasteiger partial charge on any atom is 0.317 e. The molecule has 0 unspecified atom stereocenters. The summed E-state index contributed by atoms with van der Waals surface area (Å²) < 4.78 is 12.9. The number of piperidine rings is 1. The van der Waals surface area contributed by atoms with E-state index in [4.69, 9.17) is 0 Å². The Morgan fingerprint density at radius 1 is 1.04 bits per heavy atom. The molecule has 0 aliphatic carbocycles. The highest BCUT2D eigenvalue weighted by Gasteiger charge is 2.28. The van der Waals surface area contributed by atoms with Gasteiger partial charge in [-0.25, -0.2) is 9.18 Å². The second-order valence-electron chi connectivity index (χ2n) is 6.70. The van der Waals surface area contributed by atoms with Crippen molar-refractivity contribution in [3.63, 3.8) is 0 Å². The van der Waals surface area contributed by atoms with Gasteiger partial charge in [0, 0.05) is 32.0 Å². The molecule has 1 saturated heterocycles. The van der Waals surface area contributed by atoms with Gasteiger partial charge in [0.2, 0.25) is 0 Å². The second-order valence-corrected chi connectivity index (χ2v) is 6.70. The molecule has 1 atom stereocenters. The molecule has 5 heteroatoms. The fourth-order valence-corrected chi connectivity index (χ4v) is 3.26. The molecule has 1 aliphatic rings. The van der Waals surface area contributed by atoms with Crippen LogP contribution in [0, 0.1) is 11.7 Å². The summed E-state index contributed by atoms with van der Waals surface area (Å²) in [5.41, 5.74) is 1.85. The first-order valence-electron chi connectivity index (χ1n) is 8.95. The lowest BCUT2D eigenvalue weighted by Gasteiger charge is -2.32. The zero-order valence-electron chi connectivity index (χ0n) is 14.7. The van der Waals surface area contributed by atoms with Crippen LogP contribution in [-0.4, -0.2) is 29.8 Å². The molecule has 2 amide bonds. The number of hydrogen-bond donors (Lipinski definition) is 1. The van der Waals surface area contributed by atoms with E-state index in [-0.39, 0.29) is 23.5 Å². The highest BCUT2D eigenvalue weighted by molar-refractivity contribution is 5.84. The van der Waals surface area contributed by atoms with Crippen molar-refractivity contribution < 1.29 is 14.0 Å². The summed E-state index contributed by atoms with van der Waals surface area (Å²) in [6, 6.07) is 15.6. The number of hydrogen-bond acceptors (Lipinski definition) is 2. The molecule has 0 bridgehead atoms. The Morgan fingerprint density at radius 3 is 2.50 bits per heavy atom. The van der Waals surface area contributed by atoms with Crippen molar-refractivity contribution in [2.75, 3.05) is 13.1 Å². The van der Waals surface area contributed by atoms with Crippen molar-refractivity contribution in [3.8, 4) is 0 Å². The quantitative estimate of drug-likeness (QED) is 0.893. The van der Waals surface area contributed by atoms with Gasteiger partial charge in [0.1, 0.15) is 11.6 Å². The van der Waals surface area contributed by atoms with Crippen LogP contribution < -0.4 is 5.32 Å². The van der Waals surface area contributed by atoms with E-state index in [2.05, 4.69) is 5.32 Å². The summed E-state index contributed by atoms with van der Waals surface area (Å²) in [5, 5.41) is 2.85. The molecule has 3 rings (SSSR count). The number of amides is 2. The van der Waals surface area contributed by atoms with Gasteiger partial charge in [-0.2, -0.15) is 0 Å². The summed E-state index contributed by atoms with van der Waals surface area (Å²) in [6.45, 7) is 1.46. The average molecular weight is 354 g/mol. The Hall–Kier alpha value is -2.69. The third kappa shape index (κ3) is 4.91. The van der Waals surface area contributed by atoms with Crippen molar-refractivity contribution in [2.24, 2.45) is 5.92 Å². The maximum atomic E-state index is 12.9. The van der Waals surface area contributed by atoms with E-state index < -0.39 is 0 Å². The first-order chi connectivity index (χ1) is 12.6. The Labute approximate surface area is 153 Å². The maximum absolute atomic E-state index is 12.9. The number of halogens is 1. The molecule has 1 heterocycles. The Bertz CT molecular complexity index is 746. The van der Waals surface area contributed by atoms with Crippen LogP contribution in [-0.2, 0) is 17.8 Å². The number of rotatable bonds is 5. The molecule has 0 radical (unpaired) electrons. The molecule has 0 aromatic heterocycles. The standard InChI is InChI=1S/C21H23FN2O2/c22-19-10-8-17(9-11-19)14-23-21(26)24-12-4-7-18(15-24)20(25)13-16-5-2-1-3-6-16/h1-3,5-6,8-11,18H,4,7,12-15H2,(H,23,26)/t18-/m1/s1. The van der Waals surface area contributed by atoms with E-state index in [1.54, 1.807) is 17.0 Å². The number of ketones is 1. The van der Waals surface area contributed by atoms with Crippen LogP contribution >= 0.6 is 0 Å². The zero-order valence-corrected chi connectivity index (χ0v) is 14.7. The summed E-state index contributed by atoms with van der Waals surface area (Å²) in [5.74, 6) is -0.219. The number of carbonyl (C=O) groups is 2. The lowest BCUT2D eigenvalue weighted by Crippen LogP contribution is -2.47.